The number of ether oxygens (including phenoxy) is 2. The van der Waals surface area contributed by atoms with Gasteiger partial charge >= 0.3 is 12.0 Å². The average Bonchev–Trinajstić information content (AvgIpc) is 3.04. The van der Waals surface area contributed by atoms with Crippen molar-refractivity contribution < 1.29 is 28.7 Å². The number of esters is 1. The molecule has 1 heterocycles. The molecular weight excluding hydrogens is 414 g/mol. The molecule has 9 nitrogen and oxygen atoms in total. The Morgan fingerprint density at radius 3 is 2.34 bits per heavy atom. The molecule has 1 saturated heterocycles. The van der Waals surface area contributed by atoms with Crippen LogP contribution < -0.4 is 15.4 Å². The lowest BCUT2D eigenvalue weighted by atomic mass is 9.86. The SMILES string of the molecule is CCC1(c2ccc(OC)c(C)c2)NC(=O)N(CC(=O)Nc2ccc(C(=O)OC)cc2)C1=O. The quantitative estimate of drug-likeness (QED) is 0.506. The molecule has 9 heteroatoms. The van der Waals surface area contributed by atoms with Gasteiger partial charge in [-0.25, -0.2) is 9.59 Å². The molecule has 0 saturated carbocycles. The van der Waals surface area contributed by atoms with Crippen LogP contribution in [0.2, 0.25) is 0 Å². The van der Waals surface area contributed by atoms with Gasteiger partial charge in [0.1, 0.15) is 17.8 Å². The number of imide groups is 1. The largest absolute Gasteiger partial charge is 0.496 e. The van der Waals surface area contributed by atoms with Crippen LogP contribution in [0, 0.1) is 6.92 Å². The summed E-state index contributed by atoms with van der Waals surface area (Å²) in [5.41, 5.74) is 0.949. The number of carbonyl (C=O) groups excluding carboxylic acids is 4. The van der Waals surface area contributed by atoms with Gasteiger partial charge in [0.2, 0.25) is 5.91 Å². The zero-order chi connectivity index (χ0) is 23.5. The van der Waals surface area contributed by atoms with Gasteiger partial charge in [-0.2, -0.15) is 0 Å². The molecule has 2 aromatic rings. The molecule has 3 rings (SSSR count). The molecule has 0 radical (unpaired) electrons. The van der Waals surface area contributed by atoms with Crippen LogP contribution in [0.1, 0.15) is 34.8 Å². The highest BCUT2D eigenvalue weighted by Gasteiger charge is 2.51. The van der Waals surface area contributed by atoms with Crippen LogP contribution in [0.4, 0.5) is 10.5 Å². The first-order valence-corrected chi connectivity index (χ1v) is 10.0. The minimum absolute atomic E-state index is 0.316. The van der Waals surface area contributed by atoms with Crippen molar-refractivity contribution in [2.45, 2.75) is 25.8 Å². The van der Waals surface area contributed by atoms with Crippen molar-refractivity contribution in [3.8, 4) is 5.75 Å². The topological polar surface area (TPSA) is 114 Å². The Morgan fingerprint density at radius 1 is 1.09 bits per heavy atom. The third-order valence-electron chi connectivity index (χ3n) is 5.49. The second kappa shape index (κ2) is 9.09. The van der Waals surface area contributed by atoms with Crippen molar-refractivity contribution in [3.05, 3.63) is 59.2 Å². The summed E-state index contributed by atoms with van der Waals surface area (Å²) in [5, 5.41) is 5.38. The highest BCUT2D eigenvalue weighted by Crippen LogP contribution is 2.34. The van der Waals surface area contributed by atoms with Gasteiger partial charge in [0, 0.05) is 5.69 Å². The summed E-state index contributed by atoms with van der Waals surface area (Å²) in [4.78, 5) is 50.8. The van der Waals surface area contributed by atoms with E-state index in [1.807, 2.05) is 6.92 Å². The summed E-state index contributed by atoms with van der Waals surface area (Å²) in [6.07, 6.45) is 0.316. The molecule has 2 N–H and O–H groups in total. The van der Waals surface area contributed by atoms with Crippen molar-refractivity contribution in [2.75, 3.05) is 26.1 Å². The highest BCUT2D eigenvalue weighted by molar-refractivity contribution is 6.10. The van der Waals surface area contributed by atoms with Gasteiger partial charge in [-0.1, -0.05) is 13.0 Å². The van der Waals surface area contributed by atoms with E-state index < -0.39 is 35.9 Å². The summed E-state index contributed by atoms with van der Waals surface area (Å²) in [5.74, 6) is -0.860. The predicted octanol–water partition coefficient (Wildman–Crippen LogP) is 2.59. The molecule has 1 aliphatic rings. The summed E-state index contributed by atoms with van der Waals surface area (Å²) < 4.78 is 9.91. The van der Waals surface area contributed by atoms with Gasteiger partial charge in [0.15, 0.2) is 0 Å². The zero-order valence-corrected chi connectivity index (χ0v) is 18.4. The van der Waals surface area contributed by atoms with Crippen LogP contribution in [0.3, 0.4) is 0 Å². The molecule has 1 fully saturated rings. The van der Waals surface area contributed by atoms with Crippen molar-refractivity contribution in [1.29, 1.82) is 0 Å². The zero-order valence-electron chi connectivity index (χ0n) is 18.4. The maximum absolute atomic E-state index is 13.3. The summed E-state index contributed by atoms with van der Waals surface area (Å²) >= 11 is 0. The first kappa shape index (κ1) is 22.8. The number of methoxy groups -OCH3 is 2. The van der Waals surface area contributed by atoms with E-state index in [9.17, 15) is 19.2 Å². The lowest BCUT2D eigenvalue weighted by molar-refractivity contribution is -0.134. The fourth-order valence-electron chi connectivity index (χ4n) is 3.70. The number of carbonyl (C=O) groups is 4. The van der Waals surface area contributed by atoms with E-state index in [1.54, 1.807) is 32.2 Å². The Morgan fingerprint density at radius 2 is 1.78 bits per heavy atom. The Balaban J connectivity index is 1.75. The van der Waals surface area contributed by atoms with Crippen LogP contribution >= 0.6 is 0 Å². The van der Waals surface area contributed by atoms with E-state index in [1.165, 1.54) is 31.4 Å². The lowest BCUT2D eigenvalue weighted by Gasteiger charge is -2.26. The summed E-state index contributed by atoms with van der Waals surface area (Å²) in [7, 11) is 2.84. The molecule has 0 spiro atoms. The molecular formula is C23H25N3O6. The third kappa shape index (κ3) is 4.14. The molecule has 0 aromatic heterocycles. The van der Waals surface area contributed by atoms with Crippen LogP contribution in [-0.2, 0) is 19.9 Å². The van der Waals surface area contributed by atoms with E-state index in [4.69, 9.17) is 4.74 Å². The Hall–Kier alpha value is -3.88. The number of nitrogens with one attached hydrogen (secondary N) is 2. The molecule has 1 unspecified atom stereocenters. The number of aryl methyl sites for hydroxylation is 1. The van der Waals surface area contributed by atoms with Crippen molar-refractivity contribution >= 4 is 29.5 Å². The molecule has 168 valence electrons. The van der Waals surface area contributed by atoms with Crippen LogP contribution in [0.5, 0.6) is 5.75 Å². The van der Waals surface area contributed by atoms with Crippen LogP contribution in [0.15, 0.2) is 42.5 Å². The fraction of sp³-hybridized carbons (Fsp3) is 0.304. The molecule has 0 aliphatic carbocycles. The third-order valence-corrected chi connectivity index (χ3v) is 5.49. The molecule has 0 bridgehead atoms. The monoisotopic (exact) mass is 439 g/mol. The van der Waals surface area contributed by atoms with Gasteiger partial charge in [-0.05, 0) is 60.9 Å². The van der Waals surface area contributed by atoms with Crippen molar-refractivity contribution in [3.63, 3.8) is 0 Å². The van der Waals surface area contributed by atoms with E-state index in [-0.39, 0.29) is 0 Å². The molecule has 1 aliphatic heterocycles. The first-order valence-electron chi connectivity index (χ1n) is 10.0. The number of nitrogens with zero attached hydrogens (tertiary/aromatic N) is 1. The number of benzene rings is 2. The number of rotatable bonds is 7. The van der Waals surface area contributed by atoms with E-state index in [0.29, 0.717) is 29.0 Å². The van der Waals surface area contributed by atoms with Crippen LogP contribution in [0.25, 0.3) is 0 Å². The van der Waals surface area contributed by atoms with E-state index >= 15 is 0 Å². The molecule has 1 atom stereocenters. The van der Waals surface area contributed by atoms with Crippen LogP contribution in [-0.4, -0.2) is 49.5 Å². The van der Waals surface area contributed by atoms with E-state index in [2.05, 4.69) is 15.4 Å². The normalized spacial score (nSPS) is 17.7. The standard InChI is InChI=1S/C23H25N3O6/c1-5-23(16-8-11-18(31-3)14(2)12-16)21(29)26(22(30)25-23)13-19(27)24-17-9-6-15(7-10-17)20(28)32-4/h6-12H,5,13H2,1-4H3,(H,24,27)(H,25,30). The lowest BCUT2D eigenvalue weighted by Crippen LogP contribution is -2.44. The smallest absolute Gasteiger partial charge is 0.337 e. The van der Waals surface area contributed by atoms with Gasteiger partial charge in [-0.15, -0.1) is 0 Å². The van der Waals surface area contributed by atoms with Crippen molar-refractivity contribution in [2.24, 2.45) is 0 Å². The van der Waals surface area contributed by atoms with Gasteiger partial charge in [0.25, 0.3) is 5.91 Å². The van der Waals surface area contributed by atoms with E-state index in [0.717, 1.165) is 10.5 Å². The average molecular weight is 439 g/mol. The number of anilines is 1. The van der Waals surface area contributed by atoms with Gasteiger partial charge < -0.3 is 20.1 Å². The highest BCUT2D eigenvalue weighted by atomic mass is 16.5. The summed E-state index contributed by atoms with van der Waals surface area (Å²) in [6, 6.07) is 10.7. The molecule has 2 aromatic carbocycles. The van der Waals surface area contributed by atoms with Gasteiger partial charge in [0.05, 0.1) is 19.8 Å². The Kier molecular flexibility index (Phi) is 6.47. The minimum Gasteiger partial charge on any atom is -0.496 e. The fourth-order valence-corrected chi connectivity index (χ4v) is 3.70. The maximum atomic E-state index is 13.3. The second-order valence-electron chi connectivity index (χ2n) is 7.38. The Labute approximate surface area is 185 Å². The molecule has 32 heavy (non-hydrogen) atoms. The number of urea groups is 1. The Bertz CT molecular complexity index is 1070. The summed E-state index contributed by atoms with van der Waals surface area (Å²) in [6.45, 7) is 3.20. The number of hydrogen-bond donors (Lipinski definition) is 2. The van der Waals surface area contributed by atoms with Crippen molar-refractivity contribution in [1.82, 2.24) is 10.2 Å². The predicted molar refractivity (Wildman–Crippen MR) is 116 cm³/mol. The number of hydrogen-bond acceptors (Lipinski definition) is 6. The maximum Gasteiger partial charge on any atom is 0.337 e. The first-order chi connectivity index (χ1) is 15.2. The van der Waals surface area contributed by atoms with Gasteiger partial charge in [-0.3, -0.25) is 14.5 Å². The minimum atomic E-state index is -1.25. The number of amides is 4. The molecule has 4 amide bonds. The second-order valence-corrected chi connectivity index (χ2v) is 7.38.